The molecule has 0 amide bonds. The highest BCUT2D eigenvalue weighted by molar-refractivity contribution is 7.16. The molecule has 3 nitrogen and oxygen atoms in total. The minimum absolute atomic E-state index is 0.327. The first kappa shape index (κ1) is 12.9. The Morgan fingerprint density at radius 3 is 2.56 bits per heavy atom. The van der Waals surface area contributed by atoms with Crippen molar-refractivity contribution in [3.63, 3.8) is 0 Å². The van der Waals surface area contributed by atoms with Gasteiger partial charge in [-0.3, -0.25) is 0 Å². The molecule has 0 aliphatic carbocycles. The number of carbonyl (C=O) groups is 1. The standard InChI is InChI=1S/C13H12ClNO2S/c1-17-13(16)9-2-4-10(5-3-9)15-8-11-6-7-12(14)18-11/h2-7,15H,8H2,1H3. The molecule has 18 heavy (non-hydrogen) atoms. The highest BCUT2D eigenvalue weighted by Gasteiger charge is 2.04. The molecule has 1 heterocycles. The molecule has 0 unspecified atom stereocenters. The highest BCUT2D eigenvalue weighted by atomic mass is 35.5. The van der Waals surface area contributed by atoms with Crippen LogP contribution in [0.4, 0.5) is 5.69 Å². The van der Waals surface area contributed by atoms with Gasteiger partial charge in [-0.2, -0.15) is 0 Å². The monoisotopic (exact) mass is 281 g/mol. The zero-order chi connectivity index (χ0) is 13.0. The second-order valence-corrected chi connectivity index (χ2v) is 5.43. The summed E-state index contributed by atoms with van der Waals surface area (Å²) < 4.78 is 5.42. The Morgan fingerprint density at radius 1 is 1.28 bits per heavy atom. The average molecular weight is 282 g/mol. The van der Waals surface area contributed by atoms with Gasteiger partial charge in [0.05, 0.1) is 17.0 Å². The number of benzene rings is 1. The Labute approximate surface area is 114 Å². The van der Waals surface area contributed by atoms with Crippen molar-refractivity contribution in [1.29, 1.82) is 0 Å². The van der Waals surface area contributed by atoms with E-state index >= 15 is 0 Å². The zero-order valence-electron chi connectivity index (χ0n) is 9.77. The summed E-state index contributed by atoms with van der Waals surface area (Å²) in [6, 6.07) is 11.0. The third-order valence-corrected chi connectivity index (χ3v) is 3.63. The second kappa shape index (κ2) is 5.89. The maximum absolute atomic E-state index is 11.3. The number of thiophene rings is 1. The number of esters is 1. The van der Waals surface area contributed by atoms with E-state index in [-0.39, 0.29) is 5.97 Å². The molecule has 1 aromatic carbocycles. The van der Waals surface area contributed by atoms with E-state index in [4.69, 9.17) is 11.6 Å². The summed E-state index contributed by atoms with van der Waals surface area (Å²) in [5.41, 5.74) is 1.49. The van der Waals surface area contributed by atoms with Gasteiger partial charge in [-0.1, -0.05) is 11.6 Å². The Kier molecular flexibility index (Phi) is 4.23. The molecule has 0 spiro atoms. The summed E-state index contributed by atoms with van der Waals surface area (Å²) in [5, 5.41) is 3.26. The van der Waals surface area contributed by atoms with E-state index in [0.717, 1.165) is 21.4 Å². The molecule has 2 rings (SSSR count). The van der Waals surface area contributed by atoms with Gasteiger partial charge in [-0.15, -0.1) is 11.3 Å². The number of halogens is 1. The van der Waals surface area contributed by atoms with Crippen LogP contribution in [0.2, 0.25) is 4.34 Å². The van der Waals surface area contributed by atoms with Crippen LogP contribution in [0.15, 0.2) is 36.4 Å². The maximum atomic E-state index is 11.3. The molecule has 0 aliphatic heterocycles. The molecular weight excluding hydrogens is 270 g/mol. The minimum atomic E-state index is -0.327. The highest BCUT2D eigenvalue weighted by Crippen LogP contribution is 2.22. The summed E-state index contributed by atoms with van der Waals surface area (Å²) in [6.07, 6.45) is 0. The molecule has 1 N–H and O–H groups in total. The molecule has 0 atom stereocenters. The minimum Gasteiger partial charge on any atom is -0.465 e. The Hall–Kier alpha value is -1.52. The number of hydrogen-bond donors (Lipinski definition) is 1. The van der Waals surface area contributed by atoms with E-state index in [1.165, 1.54) is 7.11 Å². The normalized spacial score (nSPS) is 10.1. The average Bonchev–Trinajstić information content (AvgIpc) is 2.82. The molecule has 0 saturated heterocycles. The first-order valence-corrected chi connectivity index (χ1v) is 6.55. The summed E-state index contributed by atoms with van der Waals surface area (Å²) in [6.45, 7) is 0.717. The molecule has 0 aliphatic rings. The van der Waals surface area contributed by atoms with E-state index in [1.807, 2.05) is 24.3 Å². The van der Waals surface area contributed by atoms with E-state index in [0.29, 0.717) is 5.56 Å². The molecule has 0 fully saturated rings. The fourth-order valence-corrected chi connectivity index (χ4v) is 2.51. The lowest BCUT2D eigenvalue weighted by atomic mass is 10.2. The van der Waals surface area contributed by atoms with Crippen molar-refractivity contribution in [2.75, 3.05) is 12.4 Å². The fourth-order valence-electron chi connectivity index (χ4n) is 1.48. The van der Waals surface area contributed by atoms with Crippen LogP contribution in [0.1, 0.15) is 15.2 Å². The lowest BCUT2D eigenvalue weighted by molar-refractivity contribution is 0.0601. The Balaban J connectivity index is 1.96. The molecular formula is C13H12ClNO2S. The summed E-state index contributed by atoms with van der Waals surface area (Å²) in [7, 11) is 1.37. The molecule has 1 aromatic heterocycles. The third kappa shape index (κ3) is 3.24. The first-order valence-electron chi connectivity index (χ1n) is 5.35. The predicted molar refractivity (Wildman–Crippen MR) is 74.4 cm³/mol. The van der Waals surface area contributed by atoms with Crippen molar-refractivity contribution in [3.05, 3.63) is 51.2 Å². The van der Waals surface area contributed by atoms with Crippen LogP contribution in [0, 0.1) is 0 Å². The number of anilines is 1. The van der Waals surface area contributed by atoms with Gasteiger partial charge in [0.15, 0.2) is 0 Å². The smallest absolute Gasteiger partial charge is 0.337 e. The van der Waals surface area contributed by atoms with Crippen LogP contribution < -0.4 is 5.32 Å². The number of methoxy groups -OCH3 is 1. The summed E-state index contributed by atoms with van der Waals surface area (Å²) >= 11 is 7.40. The lowest BCUT2D eigenvalue weighted by Crippen LogP contribution is -2.02. The lowest BCUT2D eigenvalue weighted by Gasteiger charge is -2.05. The van der Waals surface area contributed by atoms with Gasteiger partial charge in [0.2, 0.25) is 0 Å². The van der Waals surface area contributed by atoms with Gasteiger partial charge < -0.3 is 10.1 Å². The quantitative estimate of drug-likeness (QED) is 0.866. The van der Waals surface area contributed by atoms with Gasteiger partial charge in [0.25, 0.3) is 0 Å². The van der Waals surface area contributed by atoms with Crippen molar-refractivity contribution < 1.29 is 9.53 Å². The Morgan fingerprint density at radius 2 is 2.00 bits per heavy atom. The van der Waals surface area contributed by atoms with Gasteiger partial charge in [-0.05, 0) is 36.4 Å². The zero-order valence-corrected chi connectivity index (χ0v) is 11.3. The number of rotatable bonds is 4. The third-order valence-electron chi connectivity index (χ3n) is 2.40. The molecule has 2 aromatic rings. The SMILES string of the molecule is COC(=O)c1ccc(NCc2ccc(Cl)s2)cc1. The van der Waals surface area contributed by atoms with Crippen LogP contribution in [0.5, 0.6) is 0 Å². The van der Waals surface area contributed by atoms with Crippen molar-refractivity contribution >= 4 is 34.6 Å². The van der Waals surface area contributed by atoms with Crippen LogP contribution in [0.3, 0.4) is 0 Å². The number of carbonyl (C=O) groups excluding carboxylic acids is 1. The molecule has 0 saturated carbocycles. The second-order valence-electron chi connectivity index (χ2n) is 3.63. The number of ether oxygens (including phenoxy) is 1. The van der Waals surface area contributed by atoms with E-state index in [2.05, 4.69) is 10.1 Å². The predicted octanol–water partition coefficient (Wildman–Crippen LogP) is 3.80. The van der Waals surface area contributed by atoms with Crippen LogP contribution in [-0.4, -0.2) is 13.1 Å². The summed E-state index contributed by atoms with van der Waals surface area (Å²) in [5.74, 6) is -0.327. The van der Waals surface area contributed by atoms with Crippen LogP contribution >= 0.6 is 22.9 Å². The fraction of sp³-hybridized carbons (Fsp3) is 0.154. The van der Waals surface area contributed by atoms with E-state index in [1.54, 1.807) is 23.5 Å². The first-order chi connectivity index (χ1) is 8.69. The number of hydrogen-bond acceptors (Lipinski definition) is 4. The van der Waals surface area contributed by atoms with Gasteiger partial charge >= 0.3 is 5.97 Å². The van der Waals surface area contributed by atoms with Crippen molar-refractivity contribution in [3.8, 4) is 0 Å². The van der Waals surface area contributed by atoms with Gasteiger partial charge in [-0.25, -0.2) is 4.79 Å². The van der Waals surface area contributed by atoms with Crippen LogP contribution in [-0.2, 0) is 11.3 Å². The molecule has 0 radical (unpaired) electrons. The van der Waals surface area contributed by atoms with Gasteiger partial charge in [0.1, 0.15) is 0 Å². The van der Waals surface area contributed by atoms with Crippen molar-refractivity contribution in [1.82, 2.24) is 0 Å². The maximum Gasteiger partial charge on any atom is 0.337 e. The molecule has 94 valence electrons. The van der Waals surface area contributed by atoms with E-state index < -0.39 is 0 Å². The Bertz CT molecular complexity index is 536. The molecule has 5 heteroatoms. The van der Waals surface area contributed by atoms with Crippen LogP contribution in [0.25, 0.3) is 0 Å². The summed E-state index contributed by atoms with van der Waals surface area (Å²) in [4.78, 5) is 12.4. The largest absolute Gasteiger partial charge is 0.465 e. The van der Waals surface area contributed by atoms with Crippen molar-refractivity contribution in [2.24, 2.45) is 0 Å². The molecule has 0 bridgehead atoms. The van der Waals surface area contributed by atoms with E-state index in [9.17, 15) is 4.79 Å². The van der Waals surface area contributed by atoms with Crippen molar-refractivity contribution in [2.45, 2.75) is 6.54 Å². The topological polar surface area (TPSA) is 38.3 Å². The van der Waals surface area contributed by atoms with Gasteiger partial charge in [0, 0.05) is 17.1 Å². The number of nitrogens with one attached hydrogen (secondary N) is 1.